The summed E-state index contributed by atoms with van der Waals surface area (Å²) >= 11 is 2.33. The highest BCUT2D eigenvalue weighted by Gasteiger charge is 2.06. The largest absolute Gasteiger partial charge is 0.440 e. The second-order valence-corrected chi connectivity index (χ2v) is 8.03. The molecule has 2 aromatic heterocycles. The monoisotopic (exact) mass is 462 g/mol. The molecule has 0 aliphatic carbocycles. The molecule has 4 aromatic rings. The molecule has 31 heavy (non-hydrogen) atoms. The van der Waals surface area contributed by atoms with Crippen molar-refractivity contribution in [1.82, 2.24) is 19.4 Å². The third-order valence-corrected chi connectivity index (χ3v) is 5.49. The zero-order valence-electron chi connectivity index (χ0n) is 15.6. The fourth-order valence-corrected chi connectivity index (χ4v) is 3.82. The van der Waals surface area contributed by atoms with E-state index in [-0.39, 0.29) is 13.1 Å². The Hall–Kier alpha value is -3.42. The molecule has 0 spiro atoms. The van der Waals surface area contributed by atoms with E-state index in [1.165, 1.54) is 0 Å². The molecule has 2 N–H and O–H groups in total. The van der Waals surface area contributed by atoms with Crippen LogP contribution < -0.4 is 22.9 Å². The Morgan fingerprint density at radius 1 is 0.677 bits per heavy atom. The minimum Gasteiger partial charge on any atom is -0.317 e. The summed E-state index contributed by atoms with van der Waals surface area (Å²) in [6.07, 6.45) is 0. The molecule has 160 valence electrons. The predicted octanol–water partition coefficient (Wildman–Crippen LogP) is 1.40. The number of hydrogen-bond donors (Lipinski definition) is 2. The van der Waals surface area contributed by atoms with E-state index in [1.807, 2.05) is 34.2 Å². The number of nitrogens with one attached hydrogen (secondary N) is 2. The lowest BCUT2D eigenvalue weighted by molar-refractivity contribution is 0.258. The number of aromatic nitrogens is 4. The van der Waals surface area contributed by atoms with E-state index in [4.69, 9.17) is 12.7 Å². The van der Waals surface area contributed by atoms with E-state index < -0.39 is 22.9 Å². The Labute approximate surface area is 181 Å². The zero-order chi connectivity index (χ0) is 21.8. The zero-order valence-corrected chi connectivity index (χ0v) is 17.2. The number of nitrogens with zero attached hydrogens (tertiary/aromatic N) is 2. The minimum absolute atomic E-state index is 0.142. The summed E-state index contributed by atoms with van der Waals surface area (Å²) in [7, 11) is 0. The minimum atomic E-state index is -0.791. The van der Waals surface area contributed by atoms with Gasteiger partial charge in [0.1, 0.15) is 0 Å². The molecular formula is C18H14N4O7S2. The van der Waals surface area contributed by atoms with Crippen molar-refractivity contribution in [2.75, 3.05) is 0 Å². The van der Waals surface area contributed by atoms with Gasteiger partial charge in [-0.15, -0.1) is 9.48 Å². The second kappa shape index (κ2) is 9.16. The number of H-pyrrole nitrogens is 2. The first kappa shape index (κ1) is 20.8. The Morgan fingerprint density at radius 2 is 1.06 bits per heavy atom. The van der Waals surface area contributed by atoms with Crippen molar-refractivity contribution in [3.8, 4) is 0 Å². The Morgan fingerprint density at radius 3 is 1.39 bits per heavy atom. The summed E-state index contributed by atoms with van der Waals surface area (Å²) in [5.41, 5.74) is 0.377. The number of benzene rings is 2. The van der Waals surface area contributed by atoms with Crippen molar-refractivity contribution < 1.29 is 12.7 Å². The lowest BCUT2D eigenvalue weighted by Crippen LogP contribution is -2.17. The van der Waals surface area contributed by atoms with Gasteiger partial charge in [0.25, 0.3) is 0 Å². The second-order valence-electron chi connectivity index (χ2n) is 6.21. The molecule has 11 nitrogen and oxygen atoms in total. The van der Waals surface area contributed by atoms with Crippen LogP contribution in [0.1, 0.15) is 11.1 Å². The van der Waals surface area contributed by atoms with Crippen molar-refractivity contribution in [3.05, 3.63) is 102 Å². The summed E-state index contributed by atoms with van der Waals surface area (Å²) in [5, 5.41) is 0. The molecule has 0 aliphatic rings. The average Bonchev–Trinajstić information content (AvgIpc) is 3.23. The van der Waals surface area contributed by atoms with Gasteiger partial charge in [-0.2, -0.15) is 0 Å². The van der Waals surface area contributed by atoms with Gasteiger partial charge in [-0.3, -0.25) is 0 Å². The van der Waals surface area contributed by atoms with Crippen LogP contribution >= 0.6 is 24.1 Å². The highest BCUT2D eigenvalue weighted by molar-refractivity contribution is 8.07. The number of aromatic amines is 2. The smallest absolute Gasteiger partial charge is 0.317 e. The molecular weight excluding hydrogens is 448 g/mol. The van der Waals surface area contributed by atoms with Crippen molar-refractivity contribution in [3.63, 3.8) is 0 Å². The third kappa shape index (κ3) is 5.39. The van der Waals surface area contributed by atoms with E-state index in [0.29, 0.717) is 0 Å². The summed E-state index contributed by atoms with van der Waals surface area (Å²) in [5.74, 6) is -1.58. The van der Waals surface area contributed by atoms with Crippen molar-refractivity contribution in [1.29, 1.82) is 0 Å². The lowest BCUT2D eigenvalue weighted by Gasteiger charge is -2.05. The molecule has 0 unspecified atom stereocenters. The highest BCUT2D eigenvalue weighted by atomic mass is 32.2. The molecule has 0 fully saturated rings. The normalized spacial score (nSPS) is 11.1. The molecule has 0 bridgehead atoms. The molecule has 2 aromatic carbocycles. The molecule has 4 rings (SSSR count). The SMILES string of the molecule is O=c1[nH]c(=O)n(Cc2ccc(SOSc3ccc(Cn4oc(=O)[nH]c4=O)cc3)cc2)o1. The summed E-state index contributed by atoms with van der Waals surface area (Å²) in [6, 6.07) is 14.5. The number of hydrogen-bond acceptors (Lipinski definition) is 9. The molecule has 0 aliphatic heterocycles. The van der Waals surface area contributed by atoms with Crippen molar-refractivity contribution in [2.24, 2.45) is 0 Å². The molecule has 2 heterocycles. The maximum absolute atomic E-state index is 11.5. The van der Waals surface area contributed by atoms with Gasteiger partial charge < -0.3 is 9.05 Å². The first-order valence-electron chi connectivity index (χ1n) is 8.76. The van der Waals surface area contributed by atoms with Crippen LogP contribution in [0.25, 0.3) is 0 Å². The molecule has 0 amide bonds. The third-order valence-electron chi connectivity index (χ3n) is 4.02. The van der Waals surface area contributed by atoms with Gasteiger partial charge in [0.2, 0.25) is 0 Å². The van der Waals surface area contributed by atoms with Gasteiger partial charge in [-0.1, -0.05) is 24.3 Å². The lowest BCUT2D eigenvalue weighted by atomic mass is 10.2. The summed E-state index contributed by atoms with van der Waals surface area (Å²) in [4.78, 5) is 50.7. The number of rotatable bonds is 8. The fraction of sp³-hybridized carbons (Fsp3) is 0.111. The van der Waals surface area contributed by atoms with Crippen LogP contribution in [0.4, 0.5) is 0 Å². The van der Waals surface area contributed by atoms with Gasteiger partial charge in [0.15, 0.2) is 0 Å². The average molecular weight is 462 g/mol. The van der Waals surface area contributed by atoms with E-state index in [2.05, 4.69) is 0 Å². The topological polar surface area (TPSA) is 145 Å². The first-order valence-corrected chi connectivity index (χ1v) is 10.2. The maximum atomic E-state index is 11.5. The van der Waals surface area contributed by atoms with Gasteiger partial charge in [-0.25, -0.2) is 32.8 Å². The van der Waals surface area contributed by atoms with Gasteiger partial charge in [-0.05, 0) is 35.4 Å². The summed E-state index contributed by atoms with van der Waals surface area (Å²) in [6.45, 7) is 0.283. The van der Waals surface area contributed by atoms with Crippen molar-refractivity contribution in [2.45, 2.75) is 22.9 Å². The molecule has 0 radical (unpaired) electrons. The molecule has 0 saturated heterocycles. The van der Waals surface area contributed by atoms with Crippen LogP contribution in [0.5, 0.6) is 0 Å². The Kier molecular flexibility index (Phi) is 6.16. The molecule has 0 atom stereocenters. The van der Waals surface area contributed by atoms with E-state index in [9.17, 15) is 19.2 Å². The van der Waals surface area contributed by atoms with Crippen LogP contribution in [0.15, 0.2) is 86.5 Å². The van der Waals surface area contributed by atoms with Gasteiger partial charge in [0, 0.05) is 33.9 Å². The highest BCUT2D eigenvalue weighted by Crippen LogP contribution is 2.30. The Balaban J connectivity index is 1.28. The quantitative estimate of drug-likeness (QED) is 0.371. The van der Waals surface area contributed by atoms with Crippen LogP contribution in [0.3, 0.4) is 0 Å². The maximum Gasteiger partial charge on any atom is 0.440 e. The van der Waals surface area contributed by atoms with Gasteiger partial charge in [0.05, 0.1) is 13.1 Å². The van der Waals surface area contributed by atoms with Crippen LogP contribution in [-0.4, -0.2) is 19.4 Å². The Bertz CT molecular complexity index is 1280. The van der Waals surface area contributed by atoms with E-state index >= 15 is 0 Å². The van der Waals surface area contributed by atoms with Crippen LogP contribution in [0, 0.1) is 0 Å². The predicted molar refractivity (Wildman–Crippen MR) is 111 cm³/mol. The van der Waals surface area contributed by atoms with Crippen LogP contribution in [-0.2, 0) is 16.7 Å². The van der Waals surface area contributed by atoms with E-state index in [1.54, 1.807) is 24.3 Å². The van der Waals surface area contributed by atoms with Gasteiger partial charge >= 0.3 is 22.9 Å². The molecule has 0 saturated carbocycles. The standard InChI is InChI=1S/C18H14N4O7S2/c23-15-19-17(25)27-21(15)9-11-1-5-13(6-2-11)30-29-31-14-7-3-12(4-8-14)10-22-16(24)20-18(26)28-22/h1-8H,9-10H2,(H,19,23,25)(H,20,24,26). The summed E-state index contributed by atoms with van der Waals surface area (Å²) < 4.78 is 16.9. The van der Waals surface area contributed by atoms with Crippen molar-refractivity contribution >= 4 is 24.1 Å². The van der Waals surface area contributed by atoms with E-state index in [0.717, 1.165) is 54.5 Å². The molecule has 13 heteroatoms. The fourth-order valence-electron chi connectivity index (χ4n) is 2.56. The van der Waals surface area contributed by atoms with Crippen LogP contribution in [0.2, 0.25) is 0 Å². The first-order chi connectivity index (χ1) is 15.0.